The van der Waals surface area contributed by atoms with E-state index in [1.165, 1.54) is 0 Å². The van der Waals surface area contributed by atoms with E-state index in [4.69, 9.17) is 5.11 Å². The van der Waals surface area contributed by atoms with Gasteiger partial charge in [0.05, 0.1) is 18.2 Å². The average molecular weight is 490 g/mol. The molecule has 3 rings (SSSR count). The Kier molecular flexibility index (Phi) is 8.53. The summed E-state index contributed by atoms with van der Waals surface area (Å²) in [5.41, 5.74) is -0.0681. The minimum absolute atomic E-state index is 0.0681. The van der Waals surface area contributed by atoms with E-state index in [0.717, 1.165) is 32.1 Å². The molecule has 9 heteroatoms. The van der Waals surface area contributed by atoms with Gasteiger partial charge in [-0.2, -0.15) is 13.1 Å². The van der Waals surface area contributed by atoms with Gasteiger partial charge in [0, 0.05) is 6.42 Å². The zero-order chi connectivity index (χ0) is 24.6. The normalized spacial score (nSPS) is 43.3. The maximum absolute atomic E-state index is 11.9. The van der Waals surface area contributed by atoms with Crippen LogP contribution in [0.1, 0.15) is 85.0 Å². The SMILES string of the molecule is CC1CC[C@@H](O)CC[C@@H](O)C(NS(=O)(=O)O)C2[C@@H]1CCC1(C)C([C@H](C)CCC(=O)O)CC[C@@H]21. The molecule has 3 aliphatic carbocycles. The number of nitrogens with one attached hydrogen (secondary N) is 1. The van der Waals surface area contributed by atoms with Crippen molar-refractivity contribution in [3.05, 3.63) is 0 Å². The van der Waals surface area contributed by atoms with Gasteiger partial charge in [0.25, 0.3) is 0 Å². The lowest BCUT2D eigenvalue weighted by Gasteiger charge is -2.54. The van der Waals surface area contributed by atoms with Gasteiger partial charge in [-0.1, -0.05) is 20.8 Å². The van der Waals surface area contributed by atoms with E-state index in [1.807, 2.05) is 0 Å². The van der Waals surface area contributed by atoms with Crippen LogP contribution in [-0.2, 0) is 15.1 Å². The number of aliphatic hydroxyl groups excluding tert-OH is 2. The largest absolute Gasteiger partial charge is 0.481 e. The van der Waals surface area contributed by atoms with Crippen molar-refractivity contribution in [3.8, 4) is 0 Å². The zero-order valence-corrected chi connectivity index (χ0v) is 21.0. The van der Waals surface area contributed by atoms with Crippen molar-refractivity contribution in [1.82, 2.24) is 4.72 Å². The van der Waals surface area contributed by atoms with Gasteiger partial charge >= 0.3 is 16.3 Å². The highest BCUT2D eigenvalue weighted by Crippen LogP contribution is 2.63. The first-order chi connectivity index (χ1) is 15.3. The Morgan fingerprint density at radius 2 is 1.76 bits per heavy atom. The Labute approximate surface area is 198 Å². The van der Waals surface area contributed by atoms with Gasteiger partial charge in [-0.05, 0) is 98.7 Å². The third-order valence-electron chi connectivity index (χ3n) is 9.55. The molecule has 192 valence electrons. The number of fused-ring (bicyclic) bond motifs is 3. The van der Waals surface area contributed by atoms with Crippen LogP contribution >= 0.6 is 0 Å². The molecule has 3 aliphatic rings. The van der Waals surface area contributed by atoms with Crippen molar-refractivity contribution >= 4 is 16.3 Å². The van der Waals surface area contributed by atoms with Gasteiger partial charge in [0.15, 0.2) is 0 Å². The summed E-state index contributed by atoms with van der Waals surface area (Å²) in [5, 5.41) is 30.6. The Hall–Kier alpha value is -0.740. The number of carboxylic acids is 1. The van der Waals surface area contributed by atoms with Crippen LogP contribution in [0.3, 0.4) is 0 Å². The number of aliphatic carboxylic acids is 1. The van der Waals surface area contributed by atoms with Crippen LogP contribution in [-0.4, -0.2) is 52.5 Å². The molecule has 0 aromatic heterocycles. The molecule has 10 atom stereocenters. The van der Waals surface area contributed by atoms with Crippen molar-refractivity contribution in [1.29, 1.82) is 0 Å². The molecule has 0 heterocycles. The summed E-state index contributed by atoms with van der Waals surface area (Å²) in [6.07, 6.45) is 5.20. The second kappa shape index (κ2) is 10.5. The molecule has 0 aromatic rings. The highest BCUT2D eigenvalue weighted by Gasteiger charge is 2.58. The third kappa shape index (κ3) is 6.10. The Bertz CT molecular complexity index is 790. The van der Waals surface area contributed by atoms with Crippen LogP contribution in [0.2, 0.25) is 0 Å². The van der Waals surface area contributed by atoms with Gasteiger partial charge < -0.3 is 15.3 Å². The van der Waals surface area contributed by atoms with Gasteiger partial charge in [-0.25, -0.2) is 0 Å². The van der Waals surface area contributed by atoms with Gasteiger partial charge in [-0.3, -0.25) is 9.35 Å². The molecule has 0 aliphatic heterocycles. The maximum Gasteiger partial charge on any atom is 0.333 e. The summed E-state index contributed by atoms with van der Waals surface area (Å²) in [6.45, 7) is 6.56. The van der Waals surface area contributed by atoms with Crippen molar-refractivity contribution in [2.75, 3.05) is 0 Å². The highest BCUT2D eigenvalue weighted by atomic mass is 32.2. The standard InChI is InChI=1S/C24H43NO7S/c1-14-4-6-16(26)7-10-20(27)23(25-33(30,31)32)22-17(14)12-13-24(3)18(8-9-19(22)24)15(2)5-11-21(28)29/h14-20,22-23,25-27H,4-13H2,1-3H3,(H,28,29)(H,30,31,32)/t14?,15-,16-,17-,18?,19+,20-,22?,23?,24?/m1/s1. The van der Waals surface area contributed by atoms with E-state index in [9.17, 15) is 28.0 Å². The van der Waals surface area contributed by atoms with E-state index in [-0.39, 0.29) is 47.8 Å². The fourth-order valence-electron chi connectivity index (χ4n) is 7.87. The zero-order valence-electron chi connectivity index (χ0n) is 20.2. The molecule has 5 unspecified atom stereocenters. The van der Waals surface area contributed by atoms with Crippen LogP contribution < -0.4 is 4.72 Å². The fraction of sp³-hybridized carbons (Fsp3) is 0.958. The molecular formula is C24H43NO7S. The minimum Gasteiger partial charge on any atom is -0.481 e. The van der Waals surface area contributed by atoms with Gasteiger partial charge in [0.1, 0.15) is 0 Å². The quantitative estimate of drug-likeness (QED) is 0.360. The first kappa shape index (κ1) is 26.9. The predicted octanol–water partition coefficient (Wildman–Crippen LogP) is 3.24. The molecule has 0 bridgehead atoms. The van der Waals surface area contributed by atoms with Crippen LogP contribution in [0.5, 0.6) is 0 Å². The second-order valence-electron chi connectivity index (χ2n) is 11.5. The molecule has 5 N–H and O–H groups in total. The minimum atomic E-state index is -4.52. The molecule has 0 radical (unpaired) electrons. The van der Waals surface area contributed by atoms with E-state index >= 15 is 0 Å². The average Bonchev–Trinajstić information content (AvgIpc) is 3.07. The number of aliphatic hydroxyl groups is 2. The molecule has 33 heavy (non-hydrogen) atoms. The topological polar surface area (TPSA) is 144 Å². The Morgan fingerprint density at radius 1 is 1.09 bits per heavy atom. The first-order valence-corrected chi connectivity index (χ1v) is 14.1. The van der Waals surface area contributed by atoms with E-state index in [2.05, 4.69) is 25.5 Å². The van der Waals surface area contributed by atoms with Crippen LogP contribution in [0.4, 0.5) is 0 Å². The Balaban J connectivity index is 1.96. The lowest BCUT2D eigenvalue weighted by Crippen LogP contribution is -2.57. The number of hydrogen-bond acceptors (Lipinski definition) is 5. The van der Waals surface area contributed by atoms with Crippen molar-refractivity contribution < 1.29 is 33.1 Å². The number of hydrogen-bond donors (Lipinski definition) is 5. The van der Waals surface area contributed by atoms with Crippen LogP contribution in [0, 0.1) is 40.9 Å². The summed E-state index contributed by atoms with van der Waals surface area (Å²) in [6, 6.07) is -0.810. The Morgan fingerprint density at radius 3 is 2.39 bits per heavy atom. The predicted molar refractivity (Wildman–Crippen MR) is 125 cm³/mol. The molecule has 0 spiro atoms. The summed E-state index contributed by atoms with van der Waals surface area (Å²) >= 11 is 0. The fourth-order valence-corrected chi connectivity index (χ4v) is 8.53. The lowest BCUT2D eigenvalue weighted by atomic mass is 9.52. The van der Waals surface area contributed by atoms with E-state index < -0.39 is 34.5 Å². The van der Waals surface area contributed by atoms with Crippen molar-refractivity contribution in [3.63, 3.8) is 0 Å². The summed E-state index contributed by atoms with van der Waals surface area (Å²) in [7, 11) is -4.52. The number of carboxylic acid groups (broad SMARTS) is 1. The molecule has 8 nitrogen and oxygen atoms in total. The summed E-state index contributed by atoms with van der Waals surface area (Å²) in [4.78, 5) is 11.1. The molecule has 0 saturated heterocycles. The third-order valence-corrected chi connectivity index (χ3v) is 10.1. The highest BCUT2D eigenvalue weighted by molar-refractivity contribution is 7.83. The van der Waals surface area contributed by atoms with E-state index in [0.29, 0.717) is 25.2 Å². The van der Waals surface area contributed by atoms with Gasteiger partial charge in [0.2, 0.25) is 0 Å². The lowest BCUT2D eigenvalue weighted by molar-refractivity contribution is -0.137. The smallest absolute Gasteiger partial charge is 0.333 e. The monoisotopic (exact) mass is 489 g/mol. The van der Waals surface area contributed by atoms with E-state index in [1.54, 1.807) is 0 Å². The first-order valence-electron chi connectivity index (χ1n) is 12.7. The second-order valence-corrected chi connectivity index (χ2v) is 12.6. The molecule has 0 amide bonds. The van der Waals surface area contributed by atoms with Crippen LogP contribution in [0.15, 0.2) is 0 Å². The van der Waals surface area contributed by atoms with Gasteiger partial charge in [-0.15, -0.1) is 0 Å². The summed E-state index contributed by atoms with van der Waals surface area (Å²) < 4.78 is 36.0. The van der Waals surface area contributed by atoms with Crippen molar-refractivity contribution in [2.45, 2.75) is 103 Å². The molecule has 0 aromatic carbocycles. The van der Waals surface area contributed by atoms with Crippen LogP contribution in [0.25, 0.3) is 0 Å². The molecule has 3 saturated carbocycles. The summed E-state index contributed by atoms with van der Waals surface area (Å²) in [5.74, 6) is 0.298. The molecule has 3 fully saturated rings. The van der Waals surface area contributed by atoms with Crippen molar-refractivity contribution in [2.24, 2.45) is 40.9 Å². The number of carbonyl (C=O) groups is 1. The number of rotatable bonds is 6. The molecular weight excluding hydrogens is 446 g/mol. The maximum atomic E-state index is 11.9.